The Morgan fingerprint density at radius 3 is 2.69 bits per heavy atom. The Hall–Kier alpha value is -2.54. The van der Waals surface area contributed by atoms with Gasteiger partial charge in [-0.25, -0.2) is 13.8 Å². The Morgan fingerprint density at radius 1 is 1.19 bits per heavy atom. The van der Waals surface area contributed by atoms with E-state index in [1.54, 1.807) is 18.2 Å². The van der Waals surface area contributed by atoms with E-state index in [0.29, 0.717) is 31.6 Å². The summed E-state index contributed by atoms with van der Waals surface area (Å²) in [5.74, 6) is -0.654. The van der Waals surface area contributed by atoms with Gasteiger partial charge >= 0.3 is 0 Å². The molecule has 0 radical (unpaired) electrons. The molecule has 1 fully saturated rings. The van der Waals surface area contributed by atoms with E-state index in [-0.39, 0.29) is 23.5 Å². The molecule has 1 aliphatic heterocycles. The molecule has 0 aliphatic carbocycles. The van der Waals surface area contributed by atoms with Crippen LogP contribution in [0.3, 0.4) is 0 Å². The van der Waals surface area contributed by atoms with Crippen LogP contribution in [0.25, 0.3) is 10.2 Å². The third-order valence-corrected chi connectivity index (χ3v) is 5.59. The van der Waals surface area contributed by atoms with E-state index >= 15 is 0 Å². The lowest BCUT2D eigenvalue weighted by Crippen LogP contribution is -2.54. The minimum absolute atomic E-state index is 0.00986. The van der Waals surface area contributed by atoms with Gasteiger partial charge in [0.2, 0.25) is 5.91 Å². The highest BCUT2D eigenvalue weighted by molar-refractivity contribution is 7.22. The SMILES string of the molecule is O=C(NCCc1ccc(F)cc1)C1CN(c2nc3c(F)cccc3s2)C1. The molecule has 1 amide bonds. The van der Waals surface area contributed by atoms with Crippen LogP contribution in [0.1, 0.15) is 5.56 Å². The minimum Gasteiger partial charge on any atom is -0.355 e. The van der Waals surface area contributed by atoms with Crippen molar-refractivity contribution in [1.82, 2.24) is 10.3 Å². The summed E-state index contributed by atoms with van der Waals surface area (Å²) in [5.41, 5.74) is 1.37. The second-order valence-corrected chi connectivity index (χ2v) is 7.36. The van der Waals surface area contributed by atoms with Gasteiger partial charge in [0.25, 0.3) is 0 Å². The number of halogens is 2. The summed E-state index contributed by atoms with van der Waals surface area (Å²) in [6.07, 6.45) is 0.666. The molecule has 1 aromatic heterocycles. The average Bonchev–Trinajstić information content (AvgIpc) is 3.00. The lowest BCUT2D eigenvalue weighted by atomic mass is 10.00. The van der Waals surface area contributed by atoms with Gasteiger partial charge in [0, 0.05) is 19.6 Å². The largest absolute Gasteiger partial charge is 0.355 e. The third-order valence-electron chi connectivity index (χ3n) is 4.51. The Kier molecular flexibility index (Phi) is 4.55. The van der Waals surface area contributed by atoms with Crippen molar-refractivity contribution in [2.75, 3.05) is 24.5 Å². The van der Waals surface area contributed by atoms with Crippen molar-refractivity contribution in [3.05, 3.63) is 59.7 Å². The Morgan fingerprint density at radius 2 is 1.96 bits per heavy atom. The highest BCUT2D eigenvalue weighted by atomic mass is 32.1. The number of benzene rings is 2. The zero-order chi connectivity index (χ0) is 18.1. The molecule has 4 rings (SSSR count). The molecule has 134 valence electrons. The third kappa shape index (κ3) is 3.39. The number of hydrogen-bond acceptors (Lipinski definition) is 4. The minimum atomic E-state index is -0.319. The Bertz CT molecular complexity index is 936. The van der Waals surface area contributed by atoms with E-state index in [1.807, 2.05) is 11.0 Å². The van der Waals surface area contributed by atoms with Gasteiger partial charge < -0.3 is 10.2 Å². The molecular weight excluding hydrogens is 356 g/mol. The maximum atomic E-state index is 13.7. The monoisotopic (exact) mass is 373 g/mol. The number of carbonyl (C=O) groups is 1. The smallest absolute Gasteiger partial charge is 0.226 e. The summed E-state index contributed by atoms with van der Waals surface area (Å²) < 4.78 is 27.4. The van der Waals surface area contributed by atoms with Crippen LogP contribution >= 0.6 is 11.3 Å². The number of amides is 1. The van der Waals surface area contributed by atoms with Crippen LogP contribution in [0, 0.1) is 17.6 Å². The predicted molar refractivity (Wildman–Crippen MR) is 98.4 cm³/mol. The van der Waals surface area contributed by atoms with Crippen molar-refractivity contribution in [3.63, 3.8) is 0 Å². The fraction of sp³-hybridized carbons (Fsp3) is 0.263. The van der Waals surface area contributed by atoms with Crippen molar-refractivity contribution in [2.24, 2.45) is 5.92 Å². The normalized spacial score (nSPS) is 14.5. The van der Waals surface area contributed by atoms with Gasteiger partial charge in [0.15, 0.2) is 5.13 Å². The van der Waals surface area contributed by atoms with E-state index in [1.165, 1.54) is 29.5 Å². The first kappa shape index (κ1) is 16.9. The molecule has 4 nitrogen and oxygen atoms in total. The molecule has 0 unspecified atom stereocenters. The van der Waals surface area contributed by atoms with E-state index in [4.69, 9.17) is 0 Å². The highest BCUT2D eigenvalue weighted by Crippen LogP contribution is 2.33. The number of hydrogen-bond donors (Lipinski definition) is 1. The van der Waals surface area contributed by atoms with Crippen molar-refractivity contribution < 1.29 is 13.6 Å². The Balaban J connectivity index is 1.27. The molecule has 1 N–H and O–H groups in total. The molecule has 7 heteroatoms. The van der Waals surface area contributed by atoms with Crippen molar-refractivity contribution in [3.8, 4) is 0 Å². The number of fused-ring (bicyclic) bond motifs is 1. The zero-order valence-electron chi connectivity index (χ0n) is 13.9. The maximum Gasteiger partial charge on any atom is 0.226 e. The molecule has 2 heterocycles. The predicted octanol–water partition coefficient (Wildman–Crippen LogP) is 3.37. The number of aromatic nitrogens is 1. The molecule has 1 aliphatic rings. The van der Waals surface area contributed by atoms with E-state index in [2.05, 4.69) is 10.3 Å². The number of para-hydroxylation sites is 1. The summed E-state index contributed by atoms with van der Waals surface area (Å²) in [5, 5.41) is 3.67. The summed E-state index contributed by atoms with van der Waals surface area (Å²) in [6.45, 7) is 1.70. The standard InChI is InChI=1S/C19H17F2N3OS/c20-14-6-4-12(5-7-14)8-9-22-18(25)13-10-24(11-13)19-23-17-15(21)2-1-3-16(17)26-19/h1-7,13H,8-11H2,(H,22,25). The van der Waals surface area contributed by atoms with E-state index in [0.717, 1.165) is 15.4 Å². The molecule has 0 bridgehead atoms. The van der Waals surface area contributed by atoms with Crippen LogP contribution in [0.4, 0.5) is 13.9 Å². The number of rotatable bonds is 5. The number of carbonyl (C=O) groups excluding carboxylic acids is 1. The highest BCUT2D eigenvalue weighted by Gasteiger charge is 2.34. The molecule has 0 spiro atoms. The first-order valence-electron chi connectivity index (χ1n) is 8.42. The summed E-state index contributed by atoms with van der Waals surface area (Å²) in [7, 11) is 0. The van der Waals surface area contributed by atoms with Gasteiger partial charge in [-0.05, 0) is 36.2 Å². The quantitative estimate of drug-likeness (QED) is 0.746. The number of thiazole rings is 1. The van der Waals surface area contributed by atoms with Crippen LogP contribution in [0.15, 0.2) is 42.5 Å². The van der Waals surface area contributed by atoms with Gasteiger partial charge in [-0.3, -0.25) is 4.79 Å². The summed E-state index contributed by atoms with van der Waals surface area (Å²) in [6, 6.07) is 11.2. The molecule has 0 saturated carbocycles. The maximum absolute atomic E-state index is 13.7. The van der Waals surface area contributed by atoms with Gasteiger partial charge in [0.05, 0.1) is 10.6 Å². The topological polar surface area (TPSA) is 45.2 Å². The van der Waals surface area contributed by atoms with Crippen molar-refractivity contribution >= 4 is 32.6 Å². The summed E-state index contributed by atoms with van der Waals surface area (Å²) in [4.78, 5) is 18.5. The van der Waals surface area contributed by atoms with Crippen LogP contribution in [-0.2, 0) is 11.2 Å². The van der Waals surface area contributed by atoms with Crippen molar-refractivity contribution in [2.45, 2.75) is 6.42 Å². The number of anilines is 1. The summed E-state index contributed by atoms with van der Waals surface area (Å²) >= 11 is 1.44. The molecule has 3 aromatic rings. The second kappa shape index (κ2) is 6.99. The van der Waals surface area contributed by atoms with Gasteiger partial charge in [0.1, 0.15) is 17.2 Å². The van der Waals surface area contributed by atoms with Crippen LogP contribution in [-0.4, -0.2) is 30.5 Å². The number of nitrogens with one attached hydrogen (secondary N) is 1. The first-order chi connectivity index (χ1) is 12.6. The van der Waals surface area contributed by atoms with Crippen LogP contribution in [0.5, 0.6) is 0 Å². The van der Waals surface area contributed by atoms with Gasteiger partial charge in [-0.1, -0.05) is 29.5 Å². The lowest BCUT2D eigenvalue weighted by Gasteiger charge is -2.37. The van der Waals surface area contributed by atoms with Crippen LogP contribution < -0.4 is 10.2 Å². The Labute approximate surface area is 153 Å². The van der Waals surface area contributed by atoms with E-state index < -0.39 is 0 Å². The fourth-order valence-corrected chi connectivity index (χ4v) is 3.96. The second-order valence-electron chi connectivity index (χ2n) is 6.35. The molecule has 26 heavy (non-hydrogen) atoms. The van der Waals surface area contributed by atoms with Crippen molar-refractivity contribution in [1.29, 1.82) is 0 Å². The molecule has 1 saturated heterocycles. The fourth-order valence-electron chi connectivity index (χ4n) is 2.96. The lowest BCUT2D eigenvalue weighted by molar-refractivity contribution is -0.125. The number of nitrogens with zero attached hydrogens (tertiary/aromatic N) is 2. The zero-order valence-corrected chi connectivity index (χ0v) is 14.7. The molecule has 0 atom stereocenters. The molecule has 2 aromatic carbocycles. The van der Waals surface area contributed by atoms with Crippen LogP contribution in [0.2, 0.25) is 0 Å². The van der Waals surface area contributed by atoms with E-state index in [9.17, 15) is 13.6 Å². The average molecular weight is 373 g/mol. The van der Waals surface area contributed by atoms with Gasteiger partial charge in [-0.2, -0.15) is 0 Å². The first-order valence-corrected chi connectivity index (χ1v) is 9.24. The van der Waals surface area contributed by atoms with Gasteiger partial charge in [-0.15, -0.1) is 0 Å². The molecular formula is C19H17F2N3OS.